The Kier molecular flexibility index (Phi) is 6.41. The molecule has 110 valence electrons. The molecule has 1 aromatic heterocycles. The summed E-state index contributed by atoms with van der Waals surface area (Å²) in [5, 5.41) is 5.87. The summed E-state index contributed by atoms with van der Waals surface area (Å²) >= 11 is 11.5. The average Bonchev–Trinajstić information content (AvgIpc) is 2.79. The predicted molar refractivity (Wildman–Crippen MR) is 77.5 cm³/mol. The Morgan fingerprint density at radius 1 is 1.65 bits per heavy atom. The summed E-state index contributed by atoms with van der Waals surface area (Å²) in [5.74, 6) is -4.43. The van der Waals surface area contributed by atoms with Crippen LogP contribution >= 0.6 is 40.0 Å². The second-order valence-corrected chi connectivity index (χ2v) is 8.29. The van der Waals surface area contributed by atoms with Crippen LogP contribution in [0.15, 0.2) is 17.8 Å². The zero-order valence-electron chi connectivity index (χ0n) is 10.1. The van der Waals surface area contributed by atoms with E-state index in [4.69, 9.17) is 27.3 Å². The molecule has 0 aliphatic carbocycles. The molecule has 1 aromatic rings. The summed E-state index contributed by atoms with van der Waals surface area (Å²) in [4.78, 5) is 20.2. The summed E-state index contributed by atoms with van der Waals surface area (Å²) < 4.78 is 19.5. The first-order valence-corrected chi connectivity index (χ1v) is 9.17. The maximum absolute atomic E-state index is 11.5. The molecule has 0 bridgehead atoms. The molecule has 0 aromatic carbocycles. The number of methoxy groups -OCH3 is 1. The Bertz CT molecular complexity index is 573. The van der Waals surface area contributed by atoms with Gasteiger partial charge in [-0.15, -0.1) is 0 Å². The van der Waals surface area contributed by atoms with Crippen molar-refractivity contribution in [3.63, 3.8) is 0 Å². The maximum Gasteiger partial charge on any atom is 0.364 e. The third kappa shape index (κ3) is 5.46. The van der Waals surface area contributed by atoms with Gasteiger partial charge in [-0.05, 0) is 22.5 Å². The normalized spacial score (nSPS) is 11.8. The van der Waals surface area contributed by atoms with Crippen LogP contribution in [0, 0.1) is 0 Å². The number of anilines is 1. The van der Waals surface area contributed by atoms with E-state index in [0.717, 1.165) is 11.5 Å². The SMILES string of the molecule is C=CCON=C(C(=O)OC)c1nsc(NP(=O)(Cl)Cl)n1. The number of rotatable bonds is 7. The van der Waals surface area contributed by atoms with Gasteiger partial charge >= 0.3 is 12.0 Å². The van der Waals surface area contributed by atoms with Gasteiger partial charge in [0.1, 0.15) is 6.61 Å². The van der Waals surface area contributed by atoms with Crippen LogP contribution in [-0.4, -0.2) is 34.8 Å². The number of nitrogens with zero attached hydrogens (tertiary/aromatic N) is 3. The molecule has 0 aliphatic rings. The summed E-state index contributed by atoms with van der Waals surface area (Å²) in [6, 6.07) is 0. The molecule has 12 heteroatoms. The summed E-state index contributed by atoms with van der Waals surface area (Å²) in [6.45, 7) is 3.52. The molecule has 0 fully saturated rings. The summed E-state index contributed by atoms with van der Waals surface area (Å²) in [5.41, 5.74) is -0.252. The molecule has 1 rings (SSSR count). The van der Waals surface area contributed by atoms with Gasteiger partial charge in [-0.2, -0.15) is 9.36 Å². The molecular weight excluding hydrogens is 350 g/mol. The maximum atomic E-state index is 11.5. The lowest BCUT2D eigenvalue weighted by atomic mass is 10.4. The zero-order chi connectivity index (χ0) is 15.2. The Morgan fingerprint density at radius 2 is 2.35 bits per heavy atom. The van der Waals surface area contributed by atoms with Crippen molar-refractivity contribution in [1.82, 2.24) is 9.36 Å². The Labute approximate surface area is 127 Å². The van der Waals surface area contributed by atoms with Crippen molar-refractivity contribution in [3.8, 4) is 0 Å². The molecule has 0 atom stereocenters. The van der Waals surface area contributed by atoms with Crippen LogP contribution in [-0.2, 0) is 18.9 Å². The largest absolute Gasteiger partial charge is 0.464 e. The molecule has 0 radical (unpaired) electrons. The summed E-state index contributed by atoms with van der Waals surface area (Å²) in [7, 11) is 1.17. The van der Waals surface area contributed by atoms with E-state index in [-0.39, 0.29) is 23.3 Å². The molecule has 0 amide bonds. The molecule has 0 saturated carbocycles. The van der Waals surface area contributed by atoms with Gasteiger partial charge < -0.3 is 9.57 Å². The van der Waals surface area contributed by atoms with Crippen molar-refractivity contribution in [3.05, 3.63) is 18.5 Å². The van der Waals surface area contributed by atoms with E-state index in [9.17, 15) is 9.36 Å². The highest BCUT2D eigenvalue weighted by Crippen LogP contribution is 2.55. The van der Waals surface area contributed by atoms with Crippen molar-refractivity contribution in [2.24, 2.45) is 5.16 Å². The lowest BCUT2D eigenvalue weighted by Crippen LogP contribution is -2.19. The van der Waals surface area contributed by atoms with Gasteiger partial charge in [-0.25, -0.2) is 4.79 Å². The topological polar surface area (TPSA) is 103 Å². The van der Waals surface area contributed by atoms with E-state index < -0.39 is 12.0 Å². The highest BCUT2D eigenvalue weighted by atomic mass is 35.9. The van der Waals surface area contributed by atoms with Crippen LogP contribution < -0.4 is 5.09 Å². The van der Waals surface area contributed by atoms with E-state index in [1.54, 1.807) is 0 Å². The van der Waals surface area contributed by atoms with E-state index in [0.29, 0.717) is 0 Å². The van der Waals surface area contributed by atoms with Crippen molar-refractivity contribution in [1.29, 1.82) is 0 Å². The minimum absolute atomic E-state index is 0.0636. The fourth-order valence-electron chi connectivity index (χ4n) is 0.897. The van der Waals surface area contributed by atoms with Crippen LogP contribution in [0.25, 0.3) is 0 Å². The zero-order valence-corrected chi connectivity index (χ0v) is 13.3. The molecule has 0 saturated heterocycles. The van der Waals surface area contributed by atoms with Gasteiger partial charge in [0.15, 0.2) is 0 Å². The molecule has 20 heavy (non-hydrogen) atoms. The monoisotopic (exact) mass is 358 g/mol. The van der Waals surface area contributed by atoms with Crippen molar-refractivity contribution in [2.45, 2.75) is 0 Å². The van der Waals surface area contributed by atoms with Crippen molar-refractivity contribution in [2.75, 3.05) is 18.8 Å². The second-order valence-electron chi connectivity index (χ2n) is 3.01. The number of ether oxygens (including phenoxy) is 1. The first-order chi connectivity index (χ1) is 9.37. The molecule has 0 spiro atoms. The molecule has 1 N–H and O–H groups in total. The number of halogens is 2. The number of aromatic nitrogens is 2. The number of oxime groups is 1. The fraction of sp³-hybridized carbons (Fsp3) is 0.250. The quantitative estimate of drug-likeness (QED) is 0.199. The lowest BCUT2D eigenvalue weighted by Gasteiger charge is -2.01. The standard InChI is InChI=1S/C8H9Cl2N4O4PS/c1-3-4-18-12-5(7(15)17-2)6-11-8(20-14-6)13-19(9,10)16/h3H,1,4H2,2H3,(H,11,13,14,16). The second kappa shape index (κ2) is 7.58. The van der Waals surface area contributed by atoms with Crippen LogP contribution in [0.2, 0.25) is 0 Å². The molecule has 1 heterocycles. The lowest BCUT2D eigenvalue weighted by molar-refractivity contribution is -0.132. The van der Waals surface area contributed by atoms with Gasteiger partial charge in [0, 0.05) is 11.5 Å². The summed E-state index contributed by atoms with van der Waals surface area (Å²) in [6.07, 6.45) is 1.44. The minimum Gasteiger partial charge on any atom is -0.464 e. The van der Waals surface area contributed by atoms with Gasteiger partial charge in [-0.3, -0.25) is 9.65 Å². The van der Waals surface area contributed by atoms with Gasteiger partial charge in [0.05, 0.1) is 7.11 Å². The Balaban J connectivity index is 2.97. The van der Waals surface area contributed by atoms with Crippen molar-refractivity contribution < 1.29 is 18.9 Å². The highest BCUT2D eigenvalue weighted by molar-refractivity contribution is 8.09. The van der Waals surface area contributed by atoms with E-state index in [1.165, 1.54) is 13.2 Å². The number of carbonyl (C=O) groups excluding carboxylic acids is 1. The molecule has 0 unspecified atom stereocenters. The van der Waals surface area contributed by atoms with Crippen molar-refractivity contribution >= 4 is 56.8 Å². The van der Waals surface area contributed by atoms with Gasteiger partial charge in [0.2, 0.25) is 16.7 Å². The molecular formula is C8H9Cl2N4O4PS. The third-order valence-electron chi connectivity index (χ3n) is 1.59. The van der Waals surface area contributed by atoms with Crippen LogP contribution in [0.5, 0.6) is 0 Å². The molecule has 8 nitrogen and oxygen atoms in total. The number of carbonyl (C=O) groups is 1. The van der Waals surface area contributed by atoms with E-state index in [2.05, 4.69) is 30.9 Å². The number of nitrogens with one attached hydrogen (secondary N) is 1. The van der Waals surface area contributed by atoms with Crippen LogP contribution in [0.3, 0.4) is 0 Å². The highest BCUT2D eigenvalue weighted by Gasteiger charge is 2.23. The minimum atomic E-state index is -3.56. The van der Waals surface area contributed by atoms with Crippen LogP contribution in [0.1, 0.15) is 5.82 Å². The first kappa shape index (κ1) is 16.9. The Morgan fingerprint density at radius 3 is 2.90 bits per heavy atom. The molecule has 0 aliphatic heterocycles. The number of esters is 1. The van der Waals surface area contributed by atoms with E-state index >= 15 is 0 Å². The first-order valence-electron chi connectivity index (χ1n) is 4.88. The third-order valence-corrected chi connectivity index (χ3v) is 3.35. The number of hydrogen-bond acceptors (Lipinski definition) is 8. The van der Waals surface area contributed by atoms with Gasteiger partial charge in [-0.1, -0.05) is 17.8 Å². The van der Waals surface area contributed by atoms with Gasteiger partial charge in [0.25, 0.3) is 0 Å². The predicted octanol–water partition coefficient (Wildman–Crippen LogP) is 2.62. The number of hydrogen-bond donors (Lipinski definition) is 1. The van der Waals surface area contributed by atoms with E-state index in [1.807, 2.05) is 0 Å². The average molecular weight is 359 g/mol. The Hall–Kier alpha value is -1.15. The van der Waals surface area contributed by atoms with Crippen LogP contribution in [0.4, 0.5) is 5.13 Å². The fourth-order valence-corrected chi connectivity index (χ4v) is 2.93. The smallest absolute Gasteiger partial charge is 0.364 e.